The van der Waals surface area contributed by atoms with Crippen molar-refractivity contribution in [2.24, 2.45) is 0 Å². The lowest BCUT2D eigenvalue weighted by Gasteiger charge is -2.11. The van der Waals surface area contributed by atoms with Gasteiger partial charge in [-0.25, -0.2) is 0 Å². The fourth-order valence-corrected chi connectivity index (χ4v) is 1.42. The maximum atomic E-state index is 10.8. The molecule has 0 atom stereocenters. The van der Waals surface area contributed by atoms with Crippen molar-refractivity contribution in [2.45, 2.75) is 26.7 Å². The van der Waals surface area contributed by atoms with Gasteiger partial charge in [0.25, 0.3) is 0 Å². The second kappa shape index (κ2) is 4.80. The largest absolute Gasteiger partial charge is 0.494 e. The lowest BCUT2D eigenvalue weighted by molar-refractivity contribution is 0.112. The number of aldehydes is 1. The van der Waals surface area contributed by atoms with Crippen LogP contribution in [0.25, 0.3) is 0 Å². The van der Waals surface area contributed by atoms with E-state index < -0.39 is 0 Å². The standard InChI is InChI=1S/C12H16O2/c1-4-14-11-6-5-10(8-13)12(7-11)9(2)3/h5-9H,4H2,1-3H3. The van der Waals surface area contributed by atoms with Crippen LogP contribution in [0.3, 0.4) is 0 Å². The Labute approximate surface area is 84.9 Å². The van der Waals surface area contributed by atoms with Crippen LogP contribution in [0.2, 0.25) is 0 Å². The summed E-state index contributed by atoms with van der Waals surface area (Å²) in [5.74, 6) is 1.18. The number of ether oxygens (including phenoxy) is 1. The average Bonchev–Trinajstić information content (AvgIpc) is 2.18. The lowest BCUT2D eigenvalue weighted by atomic mass is 9.98. The zero-order valence-electron chi connectivity index (χ0n) is 8.91. The monoisotopic (exact) mass is 192 g/mol. The first-order valence-electron chi connectivity index (χ1n) is 4.91. The summed E-state index contributed by atoms with van der Waals surface area (Å²) < 4.78 is 5.38. The summed E-state index contributed by atoms with van der Waals surface area (Å²) in [6, 6.07) is 5.59. The van der Waals surface area contributed by atoms with Crippen molar-refractivity contribution in [1.82, 2.24) is 0 Å². The fraction of sp³-hybridized carbons (Fsp3) is 0.417. The van der Waals surface area contributed by atoms with Gasteiger partial charge in [0.1, 0.15) is 12.0 Å². The van der Waals surface area contributed by atoms with Crippen LogP contribution in [-0.4, -0.2) is 12.9 Å². The Balaban J connectivity index is 3.07. The summed E-state index contributed by atoms with van der Waals surface area (Å²) in [5, 5.41) is 0. The molecule has 0 heterocycles. The molecule has 1 aromatic carbocycles. The molecule has 0 spiro atoms. The normalized spacial score (nSPS) is 10.3. The van der Waals surface area contributed by atoms with E-state index in [2.05, 4.69) is 13.8 Å². The van der Waals surface area contributed by atoms with Crippen LogP contribution in [0.5, 0.6) is 5.75 Å². The molecule has 0 aromatic heterocycles. The van der Waals surface area contributed by atoms with Gasteiger partial charge in [-0.3, -0.25) is 4.79 Å². The number of carbonyl (C=O) groups is 1. The van der Waals surface area contributed by atoms with Gasteiger partial charge in [0, 0.05) is 5.56 Å². The molecule has 0 amide bonds. The third-order valence-electron chi connectivity index (χ3n) is 2.12. The van der Waals surface area contributed by atoms with Crippen molar-refractivity contribution < 1.29 is 9.53 Å². The van der Waals surface area contributed by atoms with Crippen molar-refractivity contribution in [1.29, 1.82) is 0 Å². The Kier molecular flexibility index (Phi) is 3.69. The SMILES string of the molecule is CCOc1ccc(C=O)c(C(C)C)c1. The minimum Gasteiger partial charge on any atom is -0.494 e. The molecule has 1 aromatic rings. The molecule has 0 aliphatic heterocycles. The van der Waals surface area contributed by atoms with Crippen molar-refractivity contribution in [2.75, 3.05) is 6.61 Å². The van der Waals surface area contributed by atoms with Gasteiger partial charge < -0.3 is 4.74 Å². The van der Waals surface area contributed by atoms with Crippen LogP contribution < -0.4 is 4.74 Å². The molecule has 0 bridgehead atoms. The molecule has 0 aliphatic rings. The molecular formula is C12H16O2. The second-order valence-electron chi connectivity index (χ2n) is 3.50. The van der Waals surface area contributed by atoms with Gasteiger partial charge >= 0.3 is 0 Å². The van der Waals surface area contributed by atoms with Gasteiger partial charge in [-0.2, -0.15) is 0 Å². The Hall–Kier alpha value is -1.31. The van der Waals surface area contributed by atoms with Gasteiger partial charge in [0.15, 0.2) is 0 Å². The fourth-order valence-electron chi connectivity index (χ4n) is 1.42. The van der Waals surface area contributed by atoms with Gasteiger partial charge in [0.2, 0.25) is 0 Å². The Bertz CT molecular complexity index is 316. The van der Waals surface area contributed by atoms with E-state index in [1.54, 1.807) is 0 Å². The molecule has 14 heavy (non-hydrogen) atoms. The van der Waals surface area contributed by atoms with Crippen LogP contribution in [0.1, 0.15) is 42.6 Å². The average molecular weight is 192 g/mol. The highest BCUT2D eigenvalue weighted by atomic mass is 16.5. The van der Waals surface area contributed by atoms with Gasteiger partial charge in [-0.15, -0.1) is 0 Å². The molecule has 1 rings (SSSR count). The Morgan fingerprint density at radius 1 is 1.43 bits per heavy atom. The van der Waals surface area contributed by atoms with Crippen LogP contribution >= 0.6 is 0 Å². The van der Waals surface area contributed by atoms with E-state index in [4.69, 9.17) is 4.74 Å². The van der Waals surface area contributed by atoms with Gasteiger partial charge in [-0.1, -0.05) is 13.8 Å². The first-order chi connectivity index (χ1) is 6.69. The lowest BCUT2D eigenvalue weighted by Crippen LogP contribution is -1.98. The van der Waals surface area contributed by atoms with Crippen LogP contribution in [-0.2, 0) is 0 Å². The molecule has 0 fully saturated rings. The van der Waals surface area contributed by atoms with Crippen molar-refractivity contribution in [3.05, 3.63) is 29.3 Å². The Morgan fingerprint density at radius 3 is 2.64 bits per heavy atom. The highest BCUT2D eigenvalue weighted by Crippen LogP contribution is 2.23. The van der Waals surface area contributed by atoms with E-state index in [9.17, 15) is 4.79 Å². The van der Waals surface area contributed by atoms with E-state index in [1.807, 2.05) is 25.1 Å². The first-order valence-corrected chi connectivity index (χ1v) is 4.91. The summed E-state index contributed by atoms with van der Waals surface area (Å²) in [6.07, 6.45) is 0.894. The third kappa shape index (κ3) is 2.34. The number of benzene rings is 1. The minimum absolute atomic E-state index is 0.343. The molecule has 0 unspecified atom stereocenters. The smallest absolute Gasteiger partial charge is 0.150 e. The molecule has 0 saturated carbocycles. The van der Waals surface area contributed by atoms with E-state index >= 15 is 0 Å². The minimum atomic E-state index is 0.343. The van der Waals surface area contributed by atoms with E-state index in [0.717, 1.165) is 23.2 Å². The zero-order valence-corrected chi connectivity index (χ0v) is 8.91. The number of hydrogen-bond donors (Lipinski definition) is 0. The van der Waals surface area contributed by atoms with E-state index in [-0.39, 0.29) is 0 Å². The zero-order chi connectivity index (χ0) is 10.6. The summed E-state index contributed by atoms with van der Waals surface area (Å²) in [7, 11) is 0. The molecule has 2 nitrogen and oxygen atoms in total. The molecule has 0 saturated heterocycles. The predicted octanol–water partition coefficient (Wildman–Crippen LogP) is 3.02. The summed E-state index contributed by atoms with van der Waals surface area (Å²) in [6.45, 7) is 6.73. The molecule has 0 N–H and O–H groups in total. The van der Waals surface area contributed by atoms with E-state index in [0.29, 0.717) is 12.5 Å². The second-order valence-corrected chi connectivity index (χ2v) is 3.50. The maximum Gasteiger partial charge on any atom is 0.150 e. The van der Waals surface area contributed by atoms with Crippen molar-refractivity contribution in [3.8, 4) is 5.75 Å². The van der Waals surface area contributed by atoms with Crippen LogP contribution in [0.4, 0.5) is 0 Å². The van der Waals surface area contributed by atoms with Crippen LogP contribution in [0, 0.1) is 0 Å². The molecule has 0 radical (unpaired) electrons. The van der Waals surface area contributed by atoms with Crippen molar-refractivity contribution >= 4 is 6.29 Å². The molecule has 2 heteroatoms. The quantitative estimate of drug-likeness (QED) is 0.685. The Morgan fingerprint density at radius 2 is 2.14 bits per heavy atom. The predicted molar refractivity (Wildman–Crippen MR) is 57.1 cm³/mol. The topological polar surface area (TPSA) is 26.3 Å². The highest BCUT2D eigenvalue weighted by molar-refractivity contribution is 5.78. The third-order valence-corrected chi connectivity index (χ3v) is 2.12. The number of rotatable bonds is 4. The van der Waals surface area contributed by atoms with Gasteiger partial charge in [-0.05, 0) is 36.6 Å². The molecule has 76 valence electrons. The summed E-state index contributed by atoms with van der Waals surface area (Å²) in [4.78, 5) is 10.8. The maximum absolute atomic E-state index is 10.8. The van der Waals surface area contributed by atoms with Crippen molar-refractivity contribution in [3.63, 3.8) is 0 Å². The highest BCUT2D eigenvalue weighted by Gasteiger charge is 2.07. The molecule has 0 aliphatic carbocycles. The first kappa shape index (κ1) is 10.8. The van der Waals surface area contributed by atoms with E-state index in [1.165, 1.54) is 0 Å². The molecular weight excluding hydrogens is 176 g/mol. The number of carbonyl (C=O) groups excluding carboxylic acids is 1. The van der Waals surface area contributed by atoms with Gasteiger partial charge in [0.05, 0.1) is 6.61 Å². The summed E-state index contributed by atoms with van der Waals surface area (Å²) in [5.41, 5.74) is 1.80. The summed E-state index contributed by atoms with van der Waals surface area (Å²) >= 11 is 0. The van der Waals surface area contributed by atoms with Crippen LogP contribution in [0.15, 0.2) is 18.2 Å². The number of hydrogen-bond acceptors (Lipinski definition) is 2.